The van der Waals surface area contributed by atoms with Crippen molar-refractivity contribution >= 4 is 11.7 Å². The number of anilines is 1. The van der Waals surface area contributed by atoms with Gasteiger partial charge in [0.1, 0.15) is 17.3 Å². The van der Waals surface area contributed by atoms with Gasteiger partial charge in [0.2, 0.25) is 0 Å². The van der Waals surface area contributed by atoms with Gasteiger partial charge in [0.25, 0.3) is 5.91 Å². The molecule has 1 amide bonds. The molecule has 2 heterocycles. The van der Waals surface area contributed by atoms with Gasteiger partial charge in [0.15, 0.2) is 0 Å². The van der Waals surface area contributed by atoms with Gasteiger partial charge in [-0.15, -0.1) is 0 Å². The van der Waals surface area contributed by atoms with E-state index in [4.69, 9.17) is 4.42 Å². The molecule has 106 valence electrons. The monoisotopic (exact) mass is 273 g/mol. The number of aryl methyl sites for hydroxylation is 1. The van der Waals surface area contributed by atoms with Crippen LogP contribution in [0.5, 0.6) is 0 Å². The molecule has 20 heavy (non-hydrogen) atoms. The van der Waals surface area contributed by atoms with E-state index in [9.17, 15) is 4.79 Å². The van der Waals surface area contributed by atoms with Crippen LogP contribution in [0.15, 0.2) is 34.9 Å². The Labute approximate surface area is 118 Å². The second-order valence-electron chi connectivity index (χ2n) is 4.57. The Bertz CT molecular complexity index is 592. The molecule has 5 heteroatoms. The normalized spacial score (nSPS) is 11.9. The van der Waals surface area contributed by atoms with Gasteiger partial charge < -0.3 is 15.1 Å². The zero-order valence-electron chi connectivity index (χ0n) is 11.9. The molecule has 1 atom stereocenters. The largest absolute Gasteiger partial charge is 0.464 e. The SMILES string of the molecule is CCNc1ncccc1C(=O)NC(C)c1ccc(C)o1. The van der Waals surface area contributed by atoms with Crippen LogP contribution >= 0.6 is 0 Å². The number of carbonyl (C=O) groups is 1. The maximum absolute atomic E-state index is 12.3. The molecule has 2 rings (SSSR count). The fourth-order valence-corrected chi connectivity index (χ4v) is 1.93. The summed E-state index contributed by atoms with van der Waals surface area (Å²) in [6.45, 7) is 6.44. The molecule has 2 aromatic rings. The molecule has 2 N–H and O–H groups in total. The van der Waals surface area contributed by atoms with E-state index in [1.165, 1.54) is 0 Å². The lowest BCUT2D eigenvalue weighted by atomic mass is 10.2. The minimum absolute atomic E-state index is 0.171. The maximum atomic E-state index is 12.3. The average molecular weight is 273 g/mol. The first-order valence-electron chi connectivity index (χ1n) is 6.68. The number of amides is 1. The highest BCUT2D eigenvalue weighted by Crippen LogP contribution is 2.17. The number of furan rings is 1. The molecule has 0 saturated carbocycles. The van der Waals surface area contributed by atoms with E-state index in [0.29, 0.717) is 17.9 Å². The van der Waals surface area contributed by atoms with Gasteiger partial charge >= 0.3 is 0 Å². The van der Waals surface area contributed by atoms with Gasteiger partial charge in [-0.3, -0.25) is 4.79 Å². The molecule has 0 bridgehead atoms. The van der Waals surface area contributed by atoms with Crippen LogP contribution in [0, 0.1) is 6.92 Å². The van der Waals surface area contributed by atoms with Gasteiger partial charge in [-0.1, -0.05) is 0 Å². The van der Waals surface area contributed by atoms with E-state index in [0.717, 1.165) is 11.5 Å². The predicted octanol–water partition coefficient (Wildman–Crippen LogP) is 2.91. The van der Waals surface area contributed by atoms with Crippen LogP contribution in [-0.4, -0.2) is 17.4 Å². The second kappa shape index (κ2) is 6.23. The van der Waals surface area contributed by atoms with Crippen molar-refractivity contribution in [2.24, 2.45) is 0 Å². The van der Waals surface area contributed by atoms with Crippen LogP contribution in [0.1, 0.15) is 41.8 Å². The summed E-state index contributed by atoms with van der Waals surface area (Å²) in [5.74, 6) is 1.99. The first kappa shape index (κ1) is 14.1. The molecular weight excluding hydrogens is 254 g/mol. The highest BCUT2D eigenvalue weighted by atomic mass is 16.3. The maximum Gasteiger partial charge on any atom is 0.255 e. The highest BCUT2D eigenvalue weighted by Gasteiger charge is 2.16. The third kappa shape index (κ3) is 3.17. The van der Waals surface area contributed by atoms with Crippen molar-refractivity contribution in [3.8, 4) is 0 Å². The third-order valence-corrected chi connectivity index (χ3v) is 2.93. The predicted molar refractivity (Wildman–Crippen MR) is 77.7 cm³/mol. The van der Waals surface area contributed by atoms with Crippen LogP contribution in [0.3, 0.4) is 0 Å². The Morgan fingerprint density at radius 3 is 2.85 bits per heavy atom. The molecule has 0 aliphatic carbocycles. The number of hydrogen-bond donors (Lipinski definition) is 2. The van der Waals surface area contributed by atoms with Crippen molar-refractivity contribution in [3.05, 3.63) is 47.5 Å². The number of rotatable bonds is 5. The summed E-state index contributed by atoms with van der Waals surface area (Å²) in [4.78, 5) is 16.5. The third-order valence-electron chi connectivity index (χ3n) is 2.93. The highest BCUT2D eigenvalue weighted by molar-refractivity contribution is 5.98. The zero-order chi connectivity index (χ0) is 14.5. The second-order valence-corrected chi connectivity index (χ2v) is 4.57. The molecule has 0 aliphatic rings. The van der Waals surface area contributed by atoms with E-state index in [1.807, 2.05) is 32.9 Å². The average Bonchev–Trinajstić information content (AvgIpc) is 2.86. The quantitative estimate of drug-likeness (QED) is 0.879. The van der Waals surface area contributed by atoms with Crippen molar-refractivity contribution in [1.29, 1.82) is 0 Å². The fraction of sp³-hybridized carbons (Fsp3) is 0.333. The van der Waals surface area contributed by atoms with Crippen LogP contribution in [-0.2, 0) is 0 Å². The summed E-state index contributed by atoms with van der Waals surface area (Å²) in [7, 11) is 0. The van der Waals surface area contributed by atoms with Gasteiger partial charge in [-0.05, 0) is 45.0 Å². The Morgan fingerprint density at radius 1 is 1.40 bits per heavy atom. The summed E-state index contributed by atoms with van der Waals surface area (Å²) in [5.41, 5.74) is 0.532. The Kier molecular flexibility index (Phi) is 4.40. The summed E-state index contributed by atoms with van der Waals surface area (Å²) in [6.07, 6.45) is 1.66. The van der Waals surface area contributed by atoms with Crippen molar-refractivity contribution < 1.29 is 9.21 Å². The molecule has 5 nitrogen and oxygen atoms in total. The molecule has 0 radical (unpaired) electrons. The summed E-state index contributed by atoms with van der Waals surface area (Å²) < 4.78 is 5.51. The van der Waals surface area contributed by atoms with Gasteiger partial charge in [0, 0.05) is 12.7 Å². The number of aromatic nitrogens is 1. The molecule has 0 aliphatic heterocycles. The summed E-state index contributed by atoms with van der Waals surface area (Å²) >= 11 is 0. The van der Waals surface area contributed by atoms with Crippen molar-refractivity contribution in [2.45, 2.75) is 26.8 Å². The van der Waals surface area contributed by atoms with E-state index in [2.05, 4.69) is 15.6 Å². The van der Waals surface area contributed by atoms with Crippen LogP contribution < -0.4 is 10.6 Å². The molecule has 0 spiro atoms. The first-order valence-corrected chi connectivity index (χ1v) is 6.68. The molecule has 0 fully saturated rings. The topological polar surface area (TPSA) is 67.2 Å². The number of carbonyl (C=O) groups excluding carboxylic acids is 1. The zero-order valence-corrected chi connectivity index (χ0v) is 11.9. The summed E-state index contributed by atoms with van der Waals surface area (Å²) in [5, 5.41) is 5.99. The van der Waals surface area contributed by atoms with Crippen molar-refractivity contribution in [2.75, 3.05) is 11.9 Å². The van der Waals surface area contributed by atoms with Crippen LogP contribution in [0.25, 0.3) is 0 Å². The van der Waals surface area contributed by atoms with E-state index in [1.54, 1.807) is 18.3 Å². The van der Waals surface area contributed by atoms with Gasteiger partial charge in [-0.25, -0.2) is 4.98 Å². The van der Waals surface area contributed by atoms with Crippen LogP contribution in [0.4, 0.5) is 5.82 Å². The lowest BCUT2D eigenvalue weighted by Gasteiger charge is -2.13. The van der Waals surface area contributed by atoms with E-state index >= 15 is 0 Å². The number of pyridine rings is 1. The Hall–Kier alpha value is -2.30. The summed E-state index contributed by atoms with van der Waals surface area (Å²) in [6, 6.07) is 7.06. The molecule has 2 aromatic heterocycles. The minimum atomic E-state index is -0.189. The molecule has 0 saturated heterocycles. The van der Waals surface area contributed by atoms with E-state index in [-0.39, 0.29) is 11.9 Å². The fourth-order valence-electron chi connectivity index (χ4n) is 1.93. The lowest BCUT2D eigenvalue weighted by molar-refractivity contribution is 0.0935. The van der Waals surface area contributed by atoms with E-state index < -0.39 is 0 Å². The number of nitrogens with zero attached hydrogens (tertiary/aromatic N) is 1. The van der Waals surface area contributed by atoms with Gasteiger partial charge in [0.05, 0.1) is 11.6 Å². The molecular formula is C15H19N3O2. The minimum Gasteiger partial charge on any atom is -0.464 e. The number of nitrogens with one attached hydrogen (secondary N) is 2. The smallest absolute Gasteiger partial charge is 0.255 e. The number of hydrogen-bond acceptors (Lipinski definition) is 4. The Morgan fingerprint density at radius 2 is 2.20 bits per heavy atom. The standard InChI is InChI=1S/C15H19N3O2/c1-4-16-14-12(6-5-9-17-14)15(19)18-11(3)13-8-7-10(2)20-13/h5-9,11H,4H2,1-3H3,(H,16,17)(H,18,19). The first-order chi connectivity index (χ1) is 9.61. The van der Waals surface area contributed by atoms with Crippen molar-refractivity contribution in [3.63, 3.8) is 0 Å². The lowest BCUT2D eigenvalue weighted by Crippen LogP contribution is -2.27. The van der Waals surface area contributed by atoms with Crippen molar-refractivity contribution in [1.82, 2.24) is 10.3 Å². The molecule has 0 aromatic carbocycles. The van der Waals surface area contributed by atoms with Crippen LogP contribution in [0.2, 0.25) is 0 Å². The Balaban J connectivity index is 2.12. The molecule has 1 unspecified atom stereocenters. The van der Waals surface area contributed by atoms with Gasteiger partial charge in [-0.2, -0.15) is 0 Å².